The minimum absolute atomic E-state index is 0.527. The second-order valence-electron chi connectivity index (χ2n) is 6.42. The molecule has 0 aromatic heterocycles. The molecule has 0 saturated carbocycles. The lowest BCUT2D eigenvalue weighted by molar-refractivity contribution is 0.0775. The van der Waals surface area contributed by atoms with Gasteiger partial charge in [-0.3, -0.25) is 4.90 Å². The first kappa shape index (κ1) is 14.7. The average Bonchev–Trinajstić information content (AvgIpc) is 2.76. The van der Waals surface area contributed by atoms with Crippen molar-refractivity contribution in [3.8, 4) is 0 Å². The summed E-state index contributed by atoms with van der Waals surface area (Å²) in [6.07, 6.45) is 4.14. The topological polar surface area (TPSA) is 15.3 Å². The molecule has 0 aromatic carbocycles. The van der Waals surface area contributed by atoms with Crippen LogP contribution in [0.1, 0.15) is 47.0 Å². The van der Waals surface area contributed by atoms with Crippen LogP contribution in [0, 0.1) is 5.92 Å². The highest BCUT2D eigenvalue weighted by atomic mass is 32.2. The molecular weight excluding hydrogens is 240 g/mol. The molecule has 2 saturated heterocycles. The Labute approximate surface area is 117 Å². The lowest BCUT2D eigenvalue weighted by Gasteiger charge is -2.45. The smallest absolute Gasteiger partial charge is 0.0259 e. The van der Waals surface area contributed by atoms with Crippen LogP contribution < -0.4 is 5.32 Å². The van der Waals surface area contributed by atoms with Crippen LogP contribution in [-0.2, 0) is 0 Å². The Balaban J connectivity index is 1.91. The van der Waals surface area contributed by atoms with Gasteiger partial charge in [0.2, 0.25) is 0 Å². The van der Waals surface area contributed by atoms with Gasteiger partial charge in [-0.15, -0.1) is 0 Å². The van der Waals surface area contributed by atoms with Crippen LogP contribution in [0.25, 0.3) is 0 Å². The maximum absolute atomic E-state index is 3.66. The maximum Gasteiger partial charge on any atom is 0.0259 e. The first-order chi connectivity index (χ1) is 8.56. The number of likely N-dealkylation sites (tertiary alicyclic amines) is 1. The lowest BCUT2D eigenvalue weighted by Crippen LogP contribution is -2.55. The third-order valence-corrected chi connectivity index (χ3v) is 6.53. The van der Waals surface area contributed by atoms with Gasteiger partial charge >= 0.3 is 0 Å². The molecular formula is C15H30N2S. The van der Waals surface area contributed by atoms with Crippen LogP contribution in [0.2, 0.25) is 0 Å². The van der Waals surface area contributed by atoms with E-state index < -0.39 is 0 Å². The molecule has 2 fully saturated rings. The van der Waals surface area contributed by atoms with Crippen molar-refractivity contribution in [1.82, 2.24) is 10.2 Å². The quantitative estimate of drug-likeness (QED) is 0.845. The molecule has 2 rings (SSSR count). The van der Waals surface area contributed by atoms with Crippen molar-refractivity contribution in [2.75, 3.05) is 25.4 Å². The first-order valence-corrected chi connectivity index (χ1v) is 8.66. The minimum atomic E-state index is 0.527. The van der Waals surface area contributed by atoms with Crippen LogP contribution in [0.15, 0.2) is 0 Å². The highest BCUT2D eigenvalue weighted by Crippen LogP contribution is 2.39. The summed E-state index contributed by atoms with van der Waals surface area (Å²) >= 11 is 2.20. The molecule has 0 aromatic rings. The van der Waals surface area contributed by atoms with Crippen molar-refractivity contribution in [2.45, 2.75) is 63.8 Å². The Hall–Kier alpha value is 0.270. The molecule has 4 atom stereocenters. The standard InChI is InChI=1S/C15H30N2S/c1-5-16-14-7-9-17(13(3)12(14)2)11-15(4)8-6-10-18-15/h12-14,16H,5-11H2,1-4H3. The number of piperidine rings is 1. The monoisotopic (exact) mass is 270 g/mol. The second kappa shape index (κ2) is 6.15. The number of hydrogen-bond acceptors (Lipinski definition) is 3. The summed E-state index contributed by atoms with van der Waals surface area (Å²) in [4.78, 5) is 2.75. The Kier molecular flexibility index (Phi) is 5.01. The molecule has 0 bridgehead atoms. The van der Waals surface area contributed by atoms with Gasteiger partial charge in [0.05, 0.1) is 0 Å². The number of thioether (sulfide) groups is 1. The summed E-state index contributed by atoms with van der Waals surface area (Å²) in [7, 11) is 0. The van der Waals surface area contributed by atoms with E-state index in [1.54, 1.807) is 0 Å². The Morgan fingerprint density at radius 1 is 1.39 bits per heavy atom. The van der Waals surface area contributed by atoms with E-state index >= 15 is 0 Å². The van der Waals surface area contributed by atoms with E-state index in [0.29, 0.717) is 4.75 Å². The molecule has 0 spiro atoms. The molecule has 4 unspecified atom stereocenters. The number of nitrogens with zero attached hydrogens (tertiary/aromatic N) is 1. The van der Waals surface area contributed by atoms with Crippen LogP contribution in [0.4, 0.5) is 0 Å². The molecule has 106 valence electrons. The van der Waals surface area contributed by atoms with Gasteiger partial charge in [0.15, 0.2) is 0 Å². The third-order valence-electron chi connectivity index (χ3n) is 5.00. The van der Waals surface area contributed by atoms with Crippen LogP contribution >= 0.6 is 11.8 Å². The molecule has 1 N–H and O–H groups in total. The van der Waals surface area contributed by atoms with Gasteiger partial charge in [-0.25, -0.2) is 0 Å². The Bertz CT molecular complexity index is 263. The van der Waals surface area contributed by atoms with Crippen molar-refractivity contribution < 1.29 is 0 Å². The van der Waals surface area contributed by atoms with E-state index in [-0.39, 0.29) is 0 Å². The van der Waals surface area contributed by atoms with Gasteiger partial charge in [-0.1, -0.05) is 13.8 Å². The Morgan fingerprint density at radius 3 is 2.78 bits per heavy atom. The number of rotatable bonds is 4. The summed E-state index contributed by atoms with van der Waals surface area (Å²) in [6, 6.07) is 1.45. The normalized spacial score (nSPS) is 42.3. The molecule has 0 aliphatic carbocycles. The summed E-state index contributed by atoms with van der Waals surface area (Å²) in [6.45, 7) is 13.2. The summed E-state index contributed by atoms with van der Waals surface area (Å²) in [5.41, 5.74) is 0. The van der Waals surface area contributed by atoms with E-state index in [0.717, 1.165) is 24.5 Å². The van der Waals surface area contributed by atoms with E-state index in [1.165, 1.54) is 38.1 Å². The zero-order chi connectivity index (χ0) is 13.2. The largest absolute Gasteiger partial charge is 0.314 e. The SMILES string of the molecule is CCNC1CCN(CC2(C)CCCS2)C(C)C1C. The van der Waals surface area contributed by atoms with Crippen molar-refractivity contribution in [3.05, 3.63) is 0 Å². The molecule has 2 heterocycles. The zero-order valence-electron chi connectivity index (χ0n) is 12.5. The second-order valence-corrected chi connectivity index (χ2v) is 8.11. The van der Waals surface area contributed by atoms with Crippen LogP contribution in [0.3, 0.4) is 0 Å². The van der Waals surface area contributed by atoms with Crippen molar-refractivity contribution in [3.63, 3.8) is 0 Å². The van der Waals surface area contributed by atoms with Crippen LogP contribution in [0.5, 0.6) is 0 Å². The van der Waals surface area contributed by atoms with Gasteiger partial charge in [0.1, 0.15) is 0 Å². The highest BCUT2D eigenvalue weighted by molar-refractivity contribution is 8.00. The fourth-order valence-electron chi connectivity index (χ4n) is 3.60. The van der Waals surface area contributed by atoms with Crippen molar-refractivity contribution in [2.24, 2.45) is 5.92 Å². The highest BCUT2D eigenvalue weighted by Gasteiger charge is 2.37. The molecule has 3 heteroatoms. The molecule has 0 amide bonds. The van der Waals surface area contributed by atoms with E-state index in [4.69, 9.17) is 0 Å². The van der Waals surface area contributed by atoms with Gasteiger partial charge in [0.25, 0.3) is 0 Å². The van der Waals surface area contributed by atoms with E-state index in [2.05, 4.69) is 49.7 Å². The molecule has 2 nitrogen and oxygen atoms in total. The molecule has 0 radical (unpaired) electrons. The average molecular weight is 270 g/mol. The molecule has 2 aliphatic rings. The third kappa shape index (κ3) is 3.23. The molecule has 18 heavy (non-hydrogen) atoms. The number of nitrogens with one attached hydrogen (secondary N) is 1. The van der Waals surface area contributed by atoms with Crippen molar-refractivity contribution in [1.29, 1.82) is 0 Å². The van der Waals surface area contributed by atoms with E-state index in [9.17, 15) is 0 Å². The maximum atomic E-state index is 3.66. The predicted molar refractivity (Wildman–Crippen MR) is 82.4 cm³/mol. The minimum Gasteiger partial charge on any atom is -0.314 e. The first-order valence-electron chi connectivity index (χ1n) is 7.67. The van der Waals surface area contributed by atoms with Gasteiger partial charge in [0, 0.05) is 23.4 Å². The lowest BCUT2D eigenvalue weighted by atomic mass is 9.86. The Morgan fingerprint density at radius 2 is 2.17 bits per heavy atom. The van der Waals surface area contributed by atoms with Gasteiger partial charge < -0.3 is 5.32 Å². The van der Waals surface area contributed by atoms with Crippen molar-refractivity contribution >= 4 is 11.8 Å². The molecule has 2 aliphatic heterocycles. The predicted octanol–water partition coefficient (Wildman–Crippen LogP) is 2.98. The van der Waals surface area contributed by atoms with Gasteiger partial charge in [-0.2, -0.15) is 11.8 Å². The number of hydrogen-bond donors (Lipinski definition) is 1. The fraction of sp³-hybridized carbons (Fsp3) is 1.00. The van der Waals surface area contributed by atoms with Gasteiger partial charge in [-0.05, 0) is 57.9 Å². The summed E-state index contributed by atoms with van der Waals surface area (Å²) in [5, 5.41) is 3.66. The zero-order valence-corrected chi connectivity index (χ0v) is 13.4. The summed E-state index contributed by atoms with van der Waals surface area (Å²) in [5.74, 6) is 2.14. The fourth-order valence-corrected chi connectivity index (χ4v) is 4.93. The van der Waals surface area contributed by atoms with Crippen LogP contribution in [-0.4, -0.2) is 47.1 Å². The van der Waals surface area contributed by atoms with E-state index in [1.807, 2.05) is 0 Å². The summed E-state index contributed by atoms with van der Waals surface area (Å²) < 4.78 is 0.527.